The maximum absolute atomic E-state index is 12.6. The second-order valence-corrected chi connectivity index (χ2v) is 6.34. The van der Waals surface area contributed by atoms with Gasteiger partial charge in [-0.15, -0.1) is 0 Å². The van der Waals surface area contributed by atoms with Gasteiger partial charge >= 0.3 is 6.18 Å². The second-order valence-electron chi connectivity index (χ2n) is 6.34. The Morgan fingerprint density at radius 3 is 2.16 bits per heavy atom. The molecule has 1 saturated carbocycles. The second kappa shape index (κ2) is 6.93. The normalized spacial score (nSPS) is 24.3. The average molecular weight is 280 g/mol. The quantitative estimate of drug-likeness (QED) is 0.770. The van der Waals surface area contributed by atoms with E-state index >= 15 is 0 Å². The lowest BCUT2D eigenvalue weighted by molar-refractivity contribution is -0.163. The molecule has 1 N–H and O–H groups in total. The molecule has 19 heavy (non-hydrogen) atoms. The van der Waals surface area contributed by atoms with Crippen molar-refractivity contribution in [3.8, 4) is 0 Å². The van der Waals surface area contributed by atoms with Crippen molar-refractivity contribution in [3.05, 3.63) is 0 Å². The van der Waals surface area contributed by atoms with Crippen molar-refractivity contribution >= 4 is 0 Å². The first-order valence-corrected chi connectivity index (χ1v) is 7.24. The zero-order valence-corrected chi connectivity index (χ0v) is 12.4. The maximum Gasteiger partial charge on any atom is 0.401 e. The largest absolute Gasteiger partial charge is 0.401 e. The summed E-state index contributed by atoms with van der Waals surface area (Å²) in [5.41, 5.74) is 0. The molecule has 2 unspecified atom stereocenters. The van der Waals surface area contributed by atoms with Gasteiger partial charge in [0.25, 0.3) is 0 Å². The first-order valence-electron chi connectivity index (χ1n) is 7.24. The molecule has 0 amide bonds. The predicted octanol–water partition coefficient (Wildman–Crippen LogP) is 3.28. The van der Waals surface area contributed by atoms with Crippen molar-refractivity contribution in [1.29, 1.82) is 0 Å². The first kappa shape index (κ1) is 16.8. The Morgan fingerprint density at radius 2 is 1.79 bits per heavy atom. The van der Waals surface area contributed by atoms with Crippen LogP contribution in [0, 0.1) is 11.8 Å². The van der Waals surface area contributed by atoms with E-state index in [0.29, 0.717) is 11.8 Å². The van der Waals surface area contributed by atoms with E-state index in [-0.39, 0.29) is 12.1 Å². The summed E-state index contributed by atoms with van der Waals surface area (Å²) >= 11 is 0. The van der Waals surface area contributed by atoms with Gasteiger partial charge in [0.1, 0.15) is 0 Å². The Balaban J connectivity index is 2.46. The smallest absolute Gasteiger partial charge is 0.316 e. The van der Waals surface area contributed by atoms with E-state index < -0.39 is 12.7 Å². The molecule has 0 aromatic rings. The van der Waals surface area contributed by atoms with Gasteiger partial charge in [-0.3, -0.25) is 4.90 Å². The Bertz CT molecular complexity index is 264. The maximum atomic E-state index is 12.6. The third-order valence-electron chi connectivity index (χ3n) is 3.79. The van der Waals surface area contributed by atoms with E-state index in [1.54, 1.807) is 4.90 Å². The molecular formula is C14H27F3N2. The van der Waals surface area contributed by atoms with Crippen molar-refractivity contribution in [2.24, 2.45) is 11.8 Å². The summed E-state index contributed by atoms with van der Waals surface area (Å²) in [6.07, 6.45) is -2.17. The molecule has 0 spiro atoms. The lowest BCUT2D eigenvalue weighted by atomic mass is 9.77. The highest BCUT2D eigenvalue weighted by Gasteiger charge is 2.41. The van der Waals surface area contributed by atoms with Crippen LogP contribution in [0.3, 0.4) is 0 Å². The molecule has 0 aromatic carbocycles. The summed E-state index contributed by atoms with van der Waals surface area (Å²) < 4.78 is 37.8. The molecule has 5 heteroatoms. The lowest BCUT2D eigenvalue weighted by Gasteiger charge is -2.46. The van der Waals surface area contributed by atoms with Crippen LogP contribution in [0.5, 0.6) is 0 Å². The number of alkyl halides is 3. The molecule has 2 nitrogen and oxygen atoms in total. The molecule has 1 rings (SSSR count). The van der Waals surface area contributed by atoms with Gasteiger partial charge < -0.3 is 5.32 Å². The van der Waals surface area contributed by atoms with Gasteiger partial charge in [0.15, 0.2) is 0 Å². The summed E-state index contributed by atoms with van der Waals surface area (Å²) in [7, 11) is 0. The minimum absolute atomic E-state index is 0.0560. The van der Waals surface area contributed by atoms with Crippen LogP contribution in [-0.4, -0.2) is 42.8 Å². The molecular weight excluding hydrogens is 253 g/mol. The van der Waals surface area contributed by atoms with Crippen LogP contribution in [-0.2, 0) is 0 Å². The molecule has 2 atom stereocenters. The minimum atomic E-state index is -4.10. The third-order valence-corrected chi connectivity index (χ3v) is 3.79. The predicted molar refractivity (Wildman–Crippen MR) is 72.1 cm³/mol. The molecule has 0 aliphatic heterocycles. The fourth-order valence-corrected chi connectivity index (χ4v) is 2.67. The van der Waals surface area contributed by atoms with Crippen LogP contribution in [0.1, 0.15) is 40.5 Å². The van der Waals surface area contributed by atoms with Gasteiger partial charge in [0, 0.05) is 12.1 Å². The highest BCUT2D eigenvalue weighted by Crippen LogP contribution is 2.34. The molecule has 1 aliphatic rings. The molecule has 0 heterocycles. The van der Waals surface area contributed by atoms with Gasteiger partial charge in [-0.2, -0.15) is 13.2 Å². The number of hydrogen-bond acceptors (Lipinski definition) is 2. The number of nitrogens with one attached hydrogen (secondary N) is 1. The van der Waals surface area contributed by atoms with E-state index in [4.69, 9.17) is 0 Å². The summed E-state index contributed by atoms with van der Waals surface area (Å²) in [5.74, 6) is 0.943. The standard InChI is InChI=1S/C14H27F3N2/c1-10(2)7-18-8-12-5-6-13(12)19(11(3)4)9-14(15,16)17/h10-13,18H,5-9H2,1-4H3. The van der Waals surface area contributed by atoms with E-state index in [1.165, 1.54) is 0 Å². The molecule has 0 bridgehead atoms. The Labute approximate surface area is 114 Å². The topological polar surface area (TPSA) is 15.3 Å². The molecule has 0 aromatic heterocycles. The van der Waals surface area contributed by atoms with Gasteiger partial charge in [-0.05, 0) is 51.6 Å². The molecule has 1 aliphatic carbocycles. The van der Waals surface area contributed by atoms with Crippen molar-refractivity contribution in [2.75, 3.05) is 19.6 Å². The highest BCUT2D eigenvalue weighted by molar-refractivity contribution is 4.92. The summed E-state index contributed by atoms with van der Waals surface area (Å²) in [4.78, 5) is 1.62. The van der Waals surface area contributed by atoms with Crippen molar-refractivity contribution in [2.45, 2.75) is 58.8 Å². The minimum Gasteiger partial charge on any atom is -0.316 e. The van der Waals surface area contributed by atoms with Crippen LogP contribution in [0.15, 0.2) is 0 Å². The molecule has 0 saturated heterocycles. The summed E-state index contributed by atoms with van der Waals surface area (Å²) in [6.45, 7) is 8.96. The van der Waals surface area contributed by atoms with E-state index in [0.717, 1.165) is 25.9 Å². The Kier molecular flexibility index (Phi) is 6.12. The van der Waals surface area contributed by atoms with Gasteiger partial charge in [-0.1, -0.05) is 13.8 Å². The first-order chi connectivity index (χ1) is 8.70. The van der Waals surface area contributed by atoms with Crippen LogP contribution in [0.2, 0.25) is 0 Å². The van der Waals surface area contributed by atoms with E-state index in [2.05, 4.69) is 19.2 Å². The van der Waals surface area contributed by atoms with Crippen molar-refractivity contribution in [3.63, 3.8) is 0 Å². The molecule has 1 fully saturated rings. The van der Waals surface area contributed by atoms with Gasteiger partial charge in [-0.25, -0.2) is 0 Å². The zero-order chi connectivity index (χ0) is 14.6. The van der Waals surface area contributed by atoms with Gasteiger partial charge in [0.2, 0.25) is 0 Å². The Hall–Kier alpha value is -0.290. The van der Waals surface area contributed by atoms with E-state index in [1.807, 2.05) is 13.8 Å². The number of hydrogen-bond donors (Lipinski definition) is 1. The summed E-state index contributed by atoms with van der Waals surface area (Å²) in [5, 5.41) is 3.37. The van der Waals surface area contributed by atoms with Crippen LogP contribution < -0.4 is 5.32 Å². The Morgan fingerprint density at radius 1 is 1.16 bits per heavy atom. The average Bonchev–Trinajstić information content (AvgIpc) is 2.19. The van der Waals surface area contributed by atoms with Crippen LogP contribution in [0.25, 0.3) is 0 Å². The lowest BCUT2D eigenvalue weighted by Crippen LogP contribution is -2.55. The van der Waals surface area contributed by atoms with Crippen molar-refractivity contribution in [1.82, 2.24) is 10.2 Å². The summed E-state index contributed by atoms with van der Waals surface area (Å²) in [6, 6.07) is 0.0285. The van der Waals surface area contributed by atoms with Crippen molar-refractivity contribution < 1.29 is 13.2 Å². The number of rotatable bonds is 7. The third kappa shape index (κ3) is 5.69. The fourth-order valence-electron chi connectivity index (χ4n) is 2.67. The van der Waals surface area contributed by atoms with Crippen LogP contribution in [0.4, 0.5) is 13.2 Å². The molecule has 0 radical (unpaired) electrons. The van der Waals surface area contributed by atoms with E-state index in [9.17, 15) is 13.2 Å². The zero-order valence-electron chi connectivity index (χ0n) is 12.4. The fraction of sp³-hybridized carbons (Fsp3) is 1.00. The molecule has 114 valence electrons. The highest BCUT2D eigenvalue weighted by atomic mass is 19.4. The number of halogens is 3. The van der Waals surface area contributed by atoms with Gasteiger partial charge in [0.05, 0.1) is 6.54 Å². The number of nitrogens with zero attached hydrogens (tertiary/aromatic N) is 1. The SMILES string of the molecule is CC(C)CNCC1CCC1N(CC(F)(F)F)C(C)C. The van der Waals surface area contributed by atoms with Crippen LogP contribution >= 0.6 is 0 Å². The monoisotopic (exact) mass is 280 g/mol.